The average molecular weight is 708 g/mol. The Labute approximate surface area is 286 Å². The smallest absolute Gasteiger partial charge is 0.235 e. The first kappa shape index (κ1) is 36.2. The molecule has 1 saturated carbocycles. The number of rotatable bonds is 12. The van der Waals surface area contributed by atoms with Gasteiger partial charge in [-0.25, -0.2) is 0 Å². The van der Waals surface area contributed by atoms with Crippen molar-refractivity contribution in [2.24, 2.45) is 11.8 Å². The van der Waals surface area contributed by atoms with Crippen molar-refractivity contribution in [2.45, 2.75) is 85.2 Å². The maximum Gasteiger partial charge on any atom is 0.235 e. The summed E-state index contributed by atoms with van der Waals surface area (Å²) in [6, 6.07) is 14.9. The van der Waals surface area contributed by atoms with Gasteiger partial charge in [0.2, 0.25) is 11.8 Å². The molecule has 47 heavy (non-hydrogen) atoms. The number of aliphatic hydroxyl groups is 1. The zero-order valence-corrected chi connectivity index (χ0v) is 30.0. The summed E-state index contributed by atoms with van der Waals surface area (Å²) in [7, 11) is 1.52. The van der Waals surface area contributed by atoms with Crippen LogP contribution in [0.3, 0.4) is 0 Å². The van der Waals surface area contributed by atoms with Crippen LogP contribution >= 0.6 is 15.9 Å². The molecule has 4 atom stereocenters. The molecule has 8 nitrogen and oxygen atoms in total. The van der Waals surface area contributed by atoms with Crippen LogP contribution in [0.4, 0.5) is 11.4 Å². The normalized spacial score (nSPS) is 20.9. The zero-order valence-electron chi connectivity index (χ0n) is 28.5. The van der Waals surface area contributed by atoms with Gasteiger partial charge in [0.15, 0.2) is 11.5 Å². The molecule has 9 heteroatoms. The summed E-state index contributed by atoms with van der Waals surface area (Å²) >= 11 is 3.63. The fraction of sp³-hybridized carbons (Fsp3) is 0.447. The highest BCUT2D eigenvalue weighted by Gasteiger charge is 2.56. The SMILES string of the molecule is CCCCCCOc1c(Br)cc(C2C(C(=O)Nc3cc(C)ccc3C)C(=O)CC(C)(O)C2C(=O)Nc2cc(C)ccc2C)cc1OC. The molecule has 0 radical (unpaired) electrons. The Bertz CT molecular complexity index is 1630. The molecule has 3 aromatic rings. The summed E-state index contributed by atoms with van der Waals surface area (Å²) < 4.78 is 12.4. The molecule has 4 rings (SSSR count). The number of unbranched alkanes of at least 4 members (excludes halogenated alkanes) is 3. The second-order valence-corrected chi connectivity index (χ2v) is 13.9. The van der Waals surface area contributed by atoms with Crippen LogP contribution in [0.5, 0.6) is 11.5 Å². The van der Waals surface area contributed by atoms with Gasteiger partial charge in [0.25, 0.3) is 0 Å². The van der Waals surface area contributed by atoms with E-state index in [1.165, 1.54) is 14.0 Å². The van der Waals surface area contributed by atoms with E-state index in [2.05, 4.69) is 33.5 Å². The monoisotopic (exact) mass is 706 g/mol. The highest BCUT2D eigenvalue weighted by Crippen LogP contribution is 2.49. The number of halogens is 1. The van der Waals surface area contributed by atoms with Crippen molar-refractivity contribution in [3.05, 3.63) is 80.8 Å². The number of ketones is 1. The molecule has 0 saturated heterocycles. The largest absolute Gasteiger partial charge is 0.493 e. The van der Waals surface area contributed by atoms with E-state index < -0.39 is 41.0 Å². The van der Waals surface area contributed by atoms with Crippen molar-refractivity contribution in [2.75, 3.05) is 24.4 Å². The number of anilines is 2. The average Bonchev–Trinajstić information content (AvgIpc) is 3.00. The second-order valence-electron chi connectivity index (χ2n) is 13.0. The van der Waals surface area contributed by atoms with Gasteiger partial charge in [-0.3, -0.25) is 14.4 Å². The number of hydrogen-bond acceptors (Lipinski definition) is 6. The fourth-order valence-electron chi connectivity index (χ4n) is 6.43. The first-order chi connectivity index (χ1) is 22.3. The minimum Gasteiger partial charge on any atom is -0.493 e. The predicted octanol–water partition coefficient (Wildman–Crippen LogP) is 7.97. The lowest BCUT2D eigenvalue weighted by Crippen LogP contribution is -2.56. The molecule has 3 N–H and O–H groups in total. The van der Waals surface area contributed by atoms with Gasteiger partial charge in [-0.2, -0.15) is 0 Å². The first-order valence-electron chi connectivity index (χ1n) is 16.3. The summed E-state index contributed by atoms with van der Waals surface area (Å²) in [4.78, 5) is 42.4. The second kappa shape index (κ2) is 15.5. The van der Waals surface area contributed by atoms with Crippen LogP contribution in [0.2, 0.25) is 0 Å². The zero-order chi connectivity index (χ0) is 34.5. The quantitative estimate of drug-likeness (QED) is 0.130. The number of ether oxygens (including phenoxy) is 2. The van der Waals surface area contributed by atoms with Crippen molar-refractivity contribution in [3.8, 4) is 11.5 Å². The molecule has 1 fully saturated rings. The summed E-state index contributed by atoms with van der Waals surface area (Å²) in [6.07, 6.45) is 3.79. The molecule has 2 amide bonds. The number of hydrogen-bond donors (Lipinski definition) is 3. The van der Waals surface area contributed by atoms with Gasteiger partial charge in [0.05, 0.1) is 29.7 Å². The fourth-order valence-corrected chi connectivity index (χ4v) is 7.00. The van der Waals surface area contributed by atoms with Gasteiger partial charge in [-0.15, -0.1) is 0 Å². The molecule has 0 aromatic heterocycles. The number of benzene rings is 3. The molecule has 3 aromatic carbocycles. The van der Waals surface area contributed by atoms with Crippen LogP contribution in [0.25, 0.3) is 0 Å². The predicted molar refractivity (Wildman–Crippen MR) is 189 cm³/mol. The molecule has 0 spiro atoms. The molecule has 1 aliphatic carbocycles. The molecule has 4 unspecified atom stereocenters. The topological polar surface area (TPSA) is 114 Å². The van der Waals surface area contributed by atoms with Gasteiger partial charge >= 0.3 is 0 Å². The molecule has 252 valence electrons. The summed E-state index contributed by atoms with van der Waals surface area (Å²) in [5, 5.41) is 17.8. The van der Waals surface area contributed by atoms with Gasteiger partial charge in [-0.1, -0.05) is 50.5 Å². The molecule has 0 heterocycles. The third-order valence-electron chi connectivity index (χ3n) is 9.02. The van der Waals surface area contributed by atoms with E-state index in [4.69, 9.17) is 9.47 Å². The molecular weight excluding hydrogens is 660 g/mol. The minimum absolute atomic E-state index is 0.365. The lowest BCUT2D eigenvalue weighted by Gasteiger charge is -2.44. The van der Waals surface area contributed by atoms with E-state index in [0.29, 0.717) is 39.5 Å². The van der Waals surface area contributed by atoms with Gasteiger partial charge in [-0.05, 0) is 109 Å². The summed E-state index contributed by atoms with van der Waals surface area (Å²) in [6.45, 7) is 11.8. The van der Waals surface area contributed by atoms with Crippen LogP contribution in [0, 0.1) is 39.5 Å². The number of carbonyl (C=O) groups is 3. The number of carbonyl (C=O) groups excluding carboxylic acids is 3. The van der Waals surface area contributed by atoms with Crippen LogP contribution < -0.4 is 20.1 Å². The highest BCUT2D eigenvalue weighted by atomic mass is 79.9. The van der Waals surface area contributed by atoms with Crippen molar-refractivity contribution < 1.29 is 29.0 Å². The molecule has 0 aliphatic heterocycles. The summed E-state index contributed by atoms with van der Waals surface area (Å²) in [5.41, 5.74) is 3.51. The first-order valence-corrected chi connectivity index (χ1v) is 17.1. The maximum atomic E-state index is 14.3. The van der Waals surface area contributed by atoms with E-state index >= 15 is 0 Å². The van der Waals surface area contributed by atoms with Crippen LogP contribution in [0.15, 0.2) is 53.0 Å². The van der Waals surface area contributed by atoms with E-state index in [1.54, 1.807) is 12.1 Å². The van der Waals surface area contributed by atoms with E-state index in [-0.39, 0.29) is 6.42 Å². The van der Waals surface area contributed by atoms with Crippen LogP contribution in [-0.4, -0.2) is 42.0 Å². The highest BCUT2D eigenvalue weighted by molar-refractivity contribution is 9.10. The molecule has 0 bridgehead atoms. The van der Waals surface area contributed by atoms with E-state index in [0.717, 1.165) is 47.9 Å². The maximum absolute atomic E-state index is 14.3. The number of Topliss-reactive ketones (excluding diaryl/α,β-unsaturated/α-hetero) is 1. The third-order valence-corrected chi connectivity index (χ3v) is 9.60. The number of methoxy groups -OCH3 is 1. The van der Waals surface area contributed by atoms with Crippen molar-refractivity contribution in [1.82, 2.24) is 0 Å². The Morgan fingerprint density at radius 3 is 2.09 bits per heavy atom. The molecular formula is C38H47BrN2O6. The van der Waals surface area contributed by atoms with Crippen molar-refractivity contribution in [3.63, 3.8) is 0 Å². The number of amides is 2. The Balaban J connectivity index is 1.82. The Hall–Kier alpha value is -3.69. The number of nitrogens with one attached hydrogen (secondary N) is 2. The van der Waals surface area contributed by atoms with E-state index in [1.807, 2.05) is 64.1 Å². The number of aryl methyl sites for hydroxylation is 4. The standard InChI is InChI=1S/C38H47BrN2O6/c1-8-9-10-11-16-47-35-27(39)19-26(20-31(35)46-7)32-33(36(43)40-28-17-22(2)12-14-24(28)4)30(42)21-38(6,45)34(32)37(44)41-29-18-23(3)13-15-25(29)5/h12-15,17-20,32-34,45H,8-11,16,21H2,1-7H3,(H,40,43)(H,41,44). The van der Waals surface area contributed by atoms with Crippen molar-refractivity contribution in [1.29, 1.82) is 0 Å². The van der Waals surface area contributed by atoms with Gasteiger partial charge in [0.1, 0.15) is 11.7 Å². The van der Waals surface area contributed by atoms with E-state index in [9.17, 15) is 19.5 Å². The lowest BCUT2D eigenvalue weighted by molar-refractivity contribution is -0.150. The minimum atomic E-state index is -1.76. The Morgan fingerprint density at radius 1 is 0.915 bits per heavy atom. The third kappa shape index (κ3) is 8.43. The Morgan fingerprint density at radius 2 is 1.51 bits per heavy atom. The lowest BCUT2D eigenvalue weighted by atomic mass is 9.61. The summed E-state index contributed by atoms with van der Waals surface area (Å²) in [5.74, 6) is -4.08. The van der Waals surface area contributed by atoms with Crippen LogP contribution in [-0.2, 0) is 14.4 Å². The van der Waals surface area contributed by atoms with Crippen molar-refractivity contribution >= 4 is 44.9 Å². The van der Waals surface area contributed by atoms with Gasteiger partial charge < -0.3 is 25.2 Å². The molecule has 1 aliphatic rings. The Kier molecular flexibility index (Phi) is 11.9. The van der Waals surface area contributed by atoms with Crippen LogP contribution in [0.1, 0.15) is 79.7 Å². The van der Waals surface area contributed by atoms with Gasteiger partial charge in [0, 0.05) is 23.7 Å².